The maximum Gasteiger partial charge on any atom is 0.177 e. The van der Waals surface area contributed by atoms with Gasteiger partial charge in [-0.2, -0.15) is 0 Å². The smallest absolute Gasteiger partial charge is 0.177 e. The number of halogens is 2. The monoisotopic (exact) mass is 471 g/mol. The van der Waals surface area contributed by atoms with Crippen molar-refractivity contribution in [3.8, 4) is 0 Å². The fraction of sp³-hybridized carbons (Fsp3) is 0.400. The first-order valence-electron chi connectivity index (χ1n) is 10.8. The fourth-order valence-corrected chi connectivity index (χ4v) is 4.04. The lowest BCUT2D eigenvalue weighted by Gasteiger charge is -2.34. The van der Waals surface area contributed by atoms with Gasteiger partial charge in [0.15, 0.2) is 5.82 Å². The van der Waals surface area contributed by atoms with Crippen molar-refractivity contribution in [3.63, 3.8) is 0 Å². The Kier molecular flexibility index (Phi) is 7.31. The number of anilines is 1. The van der Waals surface area contributed by atoms with E-state index >= 15 is 0 Å². The number of allylic oxidation sites excluding steroid dienone is 1. The van der Waals surface area contributed by atoms with E-state index in [4.69, 9.17) is 23.2 Å². The van der Waals surface area contributed by atoms with E-state index in [1.165, 1.54) is 5.56 Å². The van der Waals surface area contributed by atoms with E-state index < -0.39 is 5.54 Å². The summed E-state index contributed by atoms with van der Waals surface area (Å²) in [4.78, 5) is 0. The molecule has 0 spiro atoms. The summed E-state index contributed by atoms with van der Waals surface area (Å²) in [6.07, 6.45) is 4.93. The van der Waals surface area contributed by atoms with Gasteiger partial charge in [-0.3, -0.25) is 0 Å². The van der Waals surface area contributed by atoms with Gasteiger partial charge in [0.2, 0.25) is 0 Å². The van der Waals surface area contributed by atoms with Gasteiger partial charge in [-0.05, 0) is 65.9 Å². The predicted octanol–water partition coefficient (Wildman–Crippen LogP) is 7.33. The highest BCUT2D eigenvalue weighted by atomic mass is 35.5. The fourth-order valence-electron chi connectivity index (χ4n) is 3.57. The Morgan fingerprint density at radius 2 is 1.75 bits per heavy atom. The molecule has 0 amide bonds. The van der Waals surface area contributed by atoms with Crippen molar-refractivity contribution in [2.24, 2.45) is 5.41 Å². The van der Waals surface area contributed by atoms with E-state index in [9.17, 15) is 0 Å². The van der Waals surface area contributed by atoms with Crippen LogP contribution in [0.5, 0.6) is 0 Å². The summed E-state index contributed by atoms with van der Waals surface area (Å²) in [6.45, 7) is 12.9. The Morgan fingerprint density at radius 1 is 1.06 bits per heavy atom. The first-order chi connectivity index (χ1) is 15.0. The molecule has 0 bridgehead atoms. The van der Waals surface area contributed by atoms with E-state index in [2.05, 4.69) is 92.7 Å². The number of aryl methyl sites for hydroxylation is 1. The Morgan fingerprint density at radius 3 is 2.34 bits per heavy atom. The zero-order valence-corrected chi connectivity index (χ0v) is 21.0. The van der Waals surface area contributed by atoms with E-state index in [-0.39, 0.29) is 11.5 Å². The standard InChI is InChI=1S/C25H31Cl2N5/c1-7-25(6,28-20-13-8-17(2)9-14-20)23-29-30-31-32(23)22(24(3,4)5)15-11-18-10-12-19(26)16-21(18)27/h8-16,22,28H,7H2,1-6H3/b15-11+/t22-,25+/m0/s1. The number of hydrogen-bond donors (Lipinski definition) is 1. The van der Waals surface area contributed by atoms with Gasteiger partial charge in [0.05, 0.1) is 11.6 Å². The van der Waals surface area contributed by atoms with E-state index in [1.54, 1.807) is 6.07 Å². The van der Waals surface area contributed by atoms with Crippen LogP contribution in [0.4, 0.5) is 5.69 Å². The minimum absolute atomic E-state index is 0.0927. The zero-order valence-electron chi connectivity index (χ0n) is 19.5. The number of benzene rings is 2. The van der Waals surface area contributed by atoms with E-state index in [0.29, 0.717) is 10.0 Å². The zero-order chi connectivity index (χ0) is 23.5. The Labute approximate surface area is 200 Å². The number of nitrogens with zero attached hydrogens (tertiary/aromatic N) is 4. The molecule has 2 aromatic carbocycles. The van der Waals surface area contributed by atoms with Gasteiger partial charge in [-0.25, -0.2) is 4.68 Å². The van der Waals surface area contributed by atoms with Crippen molar-refractivity contribution >= 4 is 35.0 Å². The molecule has 3 aromatic rings. The highest BCUT2D eigenvalue weighted by Gasteiger charge is 2.36. The number of hydrogen-bond acceptors (Lipinski definition) is 4. The molecule has 3 rings (SSSR count). The van der Waals surface area contributed by atoms with Crippen LogP contribution in [0.2, 0.25) is 10.0 Å². The molecule has 0 radical (unpaired) electrons. The third-order valence-electron chi connectivity index (χ3n) is 5.74. The van der Waals surface area contributed by atoms with Gasteiger partial charge in [-0.1, -0.05) is 86.8 Å². The Bertz CT molecular complexity index is 1080. The second kappa shape index (κ2) is 9.63. The van der Waals surface area contributed by atoms with E-state index in [1.807, 2.05) is 22.9 Å². The minimum atomic E-state index is -0.450. The molecule has 0 saturated heterocycles. The van der Waals surface area contributed by atoms with Crippen molar-refractivity contribution in [3.05, 3.63) is 75.5 Å². The van der Waals surface area contributed by atoms with Crippen LogP contribution in [0.3, 0.4) is 0 Å². The van der Waals surface area contributed by atoms with Crippen molar-refractivity contribution in [2.45, 2.75) is 59.5 Å². The largest absolute Gasteiger partial charge is 0.373 e. The third kappa shape index (κ3) is 5.51. The molecule has 0 aliphatic rings. The van der Waals surface area contributed by atoms with Gasteiger partial charge in [0.25, 0.3) is 0 Å². The lowest BCUT2D eigenvalue weighted by atomic mass is 9.85. The third-order valence-corrected chi connectivity index (χ3v) is 6.30. The molecular weight excluding hydrogens is 441 g/mol. The summed E-state index contributed by atoms with van der Waals surface area (Å²) in [5, 5.41) is 17.8. The van der Waals surface area contributed by atoms with Gasteiger partial charge in [0.1, 0.15) is 0 Å². The van der Waals surface area contributed by atoms with Gasteiger partial charge >= 0.3 is 0 Å². The molecule has 7 heteroatoms. The summed E-state index contributed by atoms with van der Waals surface area (Å²) >= 11 is 12.4. The van der Waals surface area contributed by atoms with Crippen molar-refractivity contribution in [1.29, 1.82) is 0 Å². The maximum absolute atomic E-state index is 6.39. The highest BCUT2D eigenvalue weighted by molar-refractivity contribution is 6.35. The second-order valence-corrected chi connectivity index (χ2v) is 10.3. The number of tetrazole rings is 1. The quantitative estimate of drug-likeness (QED) is 0.391. The van der Waals surface area contributed by atoms with Crippen LogP contribution < -0.4 is 5.32 Å². The molecule has 5 nitrogen and oxygen atoms in total. The maximum atomic E-state index is 6.39. The Hall–Kier alpha value is -2.37. The number of aromatic nitrogens is 4. The minimum Gasteiger partial charge on any atom is -0.373 e. The van der Waals surface area contributed by atoms with Crippen LogP contribution >= 0.6 is 23.2 Å². The van der Waals surface area contributed by atoms with Crippen LogP contribution in [-0.4, -0.2) is 20.2 Å². The molecule has 2 atom stereocenters. The molecular formula is C25H31Cl2N5. The number of rotatable bonds is 7. The van der Waals surface area contributed by atoms with Crippen LogP contribution in [0.15, 0.2) is 48.5 Å². The molecule has 1 heterocycles. The van der Waals surface area contributed by atoms with Crippen LogP contribution in [0.25, 0.3) is 6.08 Å². The lowest BCUT2D eigenvalue weighted by Crippen LogP contribution is -2.37. The van der Waals surface area contributed by atoms with Crippen LogP contribution in [0.1, 0.15) is 64.0 Å². The normalized spacial score (nSPS) is 15.0. The van der Waals surface area contributed by atoms with Crippen LogP contribution in [-0.2, 0) is 5.54 Å². The first-order valence-corrected chi connectivity index (χ1v) is 11.6. The summed E-state index contributed by atoms with van der Waals surface area (Å²) in [6, 6.07) is 13.8. The van der Waals surface area contributed by atoms with Crippen molar-refractivity contribution in [2.75, 3.05) is 5.32 Å². The summed E-state index contributed by atoms with van der Waals surface area (Å²) in [7, 11) is 0. The molecule has 0 aliphatic heterocycles. The molecule has 32 heavy (non-hydrogen) atoms. The average Bonchev–Trinajstić information content (AvgIpc) is 3.20. The van der Waals surface area contributed by atoms with Gasteiger partial charge in [0, 0.05) is 15.7 Å². The molecule has 170 valence electrons. The molecule has 0 fully saturated rings. The highest BCUT2D eigenvalue weighted by Crippen LogP contribution is 2.36. The topological polar surface area (TPSA) is 55.6 Å². The van der Waals surface area contributed by atoms with E-state index in [0.717, 1.165) is 23.5 Å². The van der Waals surface area contributed by atoms with Crippen LogP contribution in [0, 0.1) is 12.3 Å². The van der Waals surface area contributed by atoms with Crippen molar-refractivity contribution < 1.29 is 0 Å². The average molecular weight is 472 g/mol. The first kappa shape index (κ1) is 24.3. The predicted molar refractivity (Wildman–Crippen MR) is 134 cm³/mol. The van der Waals surface area contributed by atoms with Gasteiger partial charge in [-0.15, -0.1) is 5.10 Å². The molecule has 0 unspecified atom stereocenters. The summed E-state index contributed by atoms with van der Waals surface area (Å²) in [5.41, 5.74) is 2.56. The van der Waals surface area contributed by atoms with Gasteiger partial charge < -0.3 is 5.32 Å². The number of nitrogens with one attached hydrogen (secondary N) is 1. The molecule has 1 N–H and O–H groups in total. The Balaban J connectivity index is 2.00. The second-order valence-electron chi connectivity index (χ2n) is 9.46. The lowest BCUT2D eigenvalue weighted by molar-refractivity contribution is 0.255. The SMILES string of the molecule is CC[C@@](C)(Nc1ccc(C)cc1)c1nnnn1[C@@H](/C=C/c1ccc(Cl)cc1Cl)C(C)(C)C. The summed E-state index contributed by atoms with van der Waals surface area (Å²) < 4.78 is 1.92. The molecule has 1 aromatic heterocycles. The van der Waals surface area contributed by atoms with Crippen molar-refractivity contribution in [1.82, 2.24) is 20.2 Å². The molecule has 0 aliphatic carbocycles. The molecule has 0 saturated carbocycles. The summed E-state index contributed by atoms with van der Waals surface area (Å²) in [5.74, 6) is 0.785.